The van der Waals surface area contributed by atoms with Crippen molar-refractivity contribution in [1.29, 1.82) is 0 Å². The molecule has 1 N–H and O–H groups in total. The minimum atomic E-state index is 0.967. The maximum absolute atomic E-state index is 4.33. The van der Waals surface area contributed by atoms with Gasteiger partial charge in [0.15, 0.2) is 0 Å². The normalized spacial score (nSPS) is 10.9. The number of rotatable bonds is 6. The number of aromatic nitrogens is 4. The molecular weight excluding hydrogens is 214 g/mol. The lowest BCUT2D eigenvalue weighted by atomic mass is 10.3. The maximum atomic E-state index is 4.33. The molecule has 0 saturated carbocycles. The quantitative estimate of drug-likeness (QED) is 0.740. The molecular formula is C12H19N5. The van der Waals surface area contributed by atoms with Crippen molar-refractivity contribution in [2.45, 2.75) is 12.8 Å². The van der Waals surface area contributed by atoms with Gasteiger partial charge in [0.05, 0.1) is 5.69 Å². The van der Waals surface area contributed by atoms with Crippen LogP contribution in [0.2, 0.25) is 0 Å². The lowest BCUT2D eigenvalue weighted by Crippen LogP contribution is -2.21. The summed E-state index contributed by atoms with van der Waals surface area (Å²) in [6.45, 7) is 1.95. The largest absolute Gasteiger partial charge is 0.316 e. The predicted octanol–water partition coefficient (Wildman–Crippen LogP) is 0.528. The Morgan fingerprint density at radius 3 is 2.65 bits per heavy atom. The molecule has 17 heavy (non-hydrogen) atoms. The monoisotopic (exact) mass is 233 g/mol. The molecule has 0 amide bonds. The van der Waals surface area contributed by atoms with Crippen molar-refractivity contribution >= 4 is 0 Å². The summed E-state index contributed by atoms with van der Waals surface area (Å²) < 4.78 is 3.76. The minimum absolute atomic E-state index is 0.967. The molecule has 0 unspecified atom stereocenters. The molecule has 0 saturated heterocycles. The standard InChI is InChI=1S/C12H19N5/c1-16-10-6-11(15-16)3-7-13-8-4-12-5-9-14-17(12)2/h5-6,9-10,13H,3-4,7-8H2,1-2H3. The SMILES string of the molecule is Cn1ccc(CCNCCc2ccnn2C)n1. The number of nitrogens with one attached hydrogen (secondary N) is 1. The Hall–Kier alpha value is -1.62. The first kappa shape index (κ1) is 11.9. The van der Waals surface area contributed by atoms with Gasteiger partial charge in [-0.1, -0.05) is 0 Å². The molecule has 2 aromatic heterocycles. The molecule has 0 atom stereocenters. The fourth-order valence-electron chi connectivity index (χ4n) is 1.80. The van der Waals surface area contributed by atoms with Crippen LogP contribution in [0.4, 0.5) is 0 Å². The van der Waals surface area contributed by atoms with Gasteiger partial charge in [0.25, 0.3) is 0 Å². The highest BCUT2D eigenvalue weighted by Crippen LogP contribution is 1.97. The summed E-state index contributed by atoms with van der Waals surface area (Å²) in [7, 11) is 3.92. The second-order valence-corrected chi connectivity index (χ2v) is 4.18. The van der Waals surface area contributed by atoms with Crippen LogP contribution < -0.4 is 5.32 Å². The Morgan fingerprint density at radius 1 is 1.18 bits per heavy atom. The maximum Gasteiger partial charge on any atom is 0.0637 e. The van der Waals surface area contributed by atoms with Crippen molar-refractivity contribution in [2.75, 3.05) is 13.1 Å². The first-order valence-corrected chi connectivity index (χ1v) is 5.92. The van der Waals surface area contributed by atoms with Crippen molar-refractivity contribution in [3.05, 3.63) is 35.9 Å². The van der Waals surface area contributed by atoms with E-state index >= 15 is 0 Å². The number of aryl methyl sites for hydroxylation is 2. The molecule has 2 aromatic rings. The highest BCUT2D eigenvalue weighted by Gasteiger charge is 1.99. The van der Waals surface area contributed by atoms with Gasteiger partial charge in [0, 0.05) is 58.1 Å². The third-order valence-corrected chi connectivity index (χ3v) is 2.81. The fourth-order valence-corrected chi connectivity index (χ4v) is 1.80. The van der Waals surface area contributed by atoms with Crippen molar-refractivity contribution < 1.29 is 0 Å². The fraction of sp³-hybridized carbons (Fsp3) is 0.500. The smallest absolute Gasteiger partial charge is 0.0637 e. The van der Waals surface area contributed by atoms with Gasteiger partial charge in [-0.3, -0.25) is 9.36 Å². The molecule has 0 spiro atoms. The zero-order valence-electron chi connectivity index (χ0n) is 10.4. The van der Waals surface area contributed by atoms with Gasteiger partial charge in [-0.15, -0.1) is 0 Å². The van der Waals surface area contributed by atoms with Crippen molar-refractivity contribution in [3.63, 3.8) is 0 Å². The number of hydrogen-bond acceptors (Lipinski definition) is 3. The van der Waals surface area contributed by atoms with E-state index in [9.17, 15) is 0 Å². The van der Waals surface area contributed by atoms with Crippen molar-refractivity contribution in [1.82, 2.24) is 24.9 Å². The van der Waals surface area contributed by atoms with E-state index in [2.05, 4.69) is 27.6 Å². The van der Waals surface area contributed by atoms with E-state index in [4.69, 9.17) is 0 Å². The van der Waals surface area contributed by atoms with Crippen molar-refractivity contribution in [3.8, 4) is 0 Å². The second kappa shape index (κ2) is 5.63. The molecule has 2 heterocycles. The summed E-state index contributed by atoms with van der Waals surface area (Å²) >= 11 is 0. The summed E-state index contributed by atoms with van der Waals surface area (Å²) in [5, 5.41) is 11.9. The van der Waals surface area contributed by atoms with Gasteiger partial charge in [-0.25, -0.2) is 0 Å². The molecule has 0 aliphatic heterocycles. The summed E-state index contributed by atoms with van der Waals surface area (Å²) in [5.74, 6) is 0. The van der Waals surface area contributed by atoms with Crippen LogP contribution in [0.5, 0.6) is 0 Å². The average Bonchev–Trinajstić information content (AvgIpc) is 2.88. The molecule has 5 heteroatoms. The third-order valence-electron chi connectivity index (χ3n) is 2.81. The summed E-state index contributed by atoms with van der Waals surface area (Å²) in [6, 6.07) is 4.11. The lowest BCUT2D eigenvalue weighted by Gasteiger charge is -2.04. The van der Waals surface area contributed by atoms with Gasteiger partial charge in [-0.05, 0) is 12.1 Å². The van der Waals surface area contributed by atoms with Crippen LogP contribution in [0.15, 0.2) is 24.5 Å². The van der Waals surface area contributed by atoms with E-state index in [-0.39, 0.29) is 0 Å². The Labute approximate surface area is 101 Å². The van der Waals surface area contributed by atoms with Crippen LogP contribution in [0.1, 0.15) is 11.4 Å². The van der Waals surface area contributed by atoms with E-state index in [1.165, 1.54) is 5.69 Å². The molecule has 92 valence electrons. The van der Waals surface area contributed by atoms with Gasteiger partial charge >= 0.3 is 0 Å². The second-order valence-electron chi connectivity index (χ2n) is 4.18. The minimum Gasteiger partial charge on any atom is -0.316 e. The zero-order chi connectivity index (χ0) is 12.1. The molecule has 0 bridgehead atoms. The molecule has 2 rings (SSSR count). The van der Waals surface area contributed by atoms with Crippen LogP contribution in [-0.4, -0.2) is 32.7 Å². The summed E-state index contributed by atoms with van der Waals surface area (Å²) in [5.41, 5.74) is 2.40. The van der Waals surface area contributed by atoms with Crippen LogP contribution in [0.3, 0.4) is 0 Å². The van der Waals surface area contributed by atoms with E-state index in [0.717, 1.165) is 31.6 Å². The van der Waals surface area contributed by atoms with Crippen molar-refractivity contribution in [2.24, 2.45) is 14.1 Å². The molecule has 0 aliphatic carbocycles. The lowest BCUT2D eigenvalue weighted by molar-refractivity contribution is 0.634. The van der Waals surface area contributed by atoms with E-state index in [1.807, 2.05) is 35.9 Å². The van der Waals surface area contributed by atoms with Crippen LogP contribution >= 0.6 is 0 Å². The molecule has 0 aromatic carbocycles. The Bertz CT molecular complexity index is 457. The average molecular weight is 233 g/mol. The van der Waals surface area contributed by atoms with Gasteiger partial charge in [0.1, 0.15) is 0 Å². The Kier molecular flexibility index (Phi) is 3.93. The Balaban J connectivity index is 1.62. The summed E-state index contributed by atoms with van der Waals surface area (Å²) in [4.78, 5) is 0. The summed E-state index contributed by atoms with van der Waals surface area (Å²) in [6.07, 6.45) is 5.80. The molecule has 5 nitrogen and oxygen atoms in total. The van der Waals surface area contributed by atoms with Gasteiger partial charge < -0.3 is 5.32 Å². The third kappa shape index (κ3) is 3.42. The van der Waals surface area contributed by atoms with E-state index in [1.54, 1.807) is 0 Å². The number of nitrogens with zero attached hydrogens (tertiary/aromatic N) is 4. The van der Waals surface area contributed by atoms with Crippen LogP contribution in [0, 0.1) is 0 Å². The topological polar surface area (TPSA) is 47.7 Å². The van der Waals surface area contributed by atoms with Gasteiger partial charge in [-0.2, -0.15) is 10.2 Å². The van der Waals surface area contributed by atoms with E-state index in [0.29, 0.717) is 0 Å². The molecule has 0 aliphatic rings. The molecule has 0 fully saturated rings. The van der Waals surface area contributed by atoms with E-state index < -0.39 is 0 Å². The first-order chi connectivity index (χ1) is 8.25. The highest BCUT2D eigenvalue weighted by atomic mass is 15.3. The van der Waals surface area contributed by atoms with Crippen LogP contribution in [-0.2, 0) is 26.9 Å². The van der Waals surface area contributed by atoms with Crippen LogP contribution in [0.25, 0.3) is 0 Å². The van der Waals surface area contributed by atoms with Gasteiger partial charge in [0.2, 0.25) is 0 Å². The highest BCUT2D eigenvalue weighted by molar-refractivity contribution is 5.01. The zero-order valence-corrected chi connectivity index (χ0v) is 10.4. The number of hydrogen-bond donors (Lipinski definition) is 1. The Morgan fingerprint density at radius 2 is 2.00 bits per heavy atom. The first-order valence-electron chi connectivity index (χ1n) is 5.92. The predicted molar refractivity (Wildman–Crippen MR) is 66.7 cm³/mol. The molecule has 0 radical (unpaired) electrons.